The SMILES string of the molecule is O=C1CCN(c2ccc3c(C(=O)O)ncnc3c2)C(=O)N1. The molecular weight excluding hydrogens is 276 g/mol. The number of hydrogen-bond acceptors (Lipinski definition) is 5. The van der Waals surface area contributed by atoms with E-state index in [-0.39, 0.29) is 24.6 Å². The second kappa shape index (κ2) is 4.82. The Kier molecular flexibility index (Phi) is 2.98. The highest BCUT2D eigenvalue weighted by atomic mass is 16.4. The first kappa shape index (κ1) is 13.0. The number of carboxylic acids is 1. The number of imide groups is 1. The minimum absolute atomic E-state index is 0.0928. The molecule has 1 fully saturated rings. The number of carbonyl (C=O) groups is 3. The molecule has 1 aromatic carbocycles. The fourth-order valence-corrected chi connectivity index (χ4v) is 2.19. The van der Waals surface area contributed by atoms with E-state index in [1.807, 2.05) is 0 Å². The average molecular weight is 286 g/mol. The summed E-state index contributed by atoms with van der Waals surface area (Å²) in [5.41, 5.74) is 0.872. The van der Waals surface area contributed by atoms with Gasteiger partial charge >= 0.3 is 12.0 Å². The fourth-order valence-electron chi connectivity index (χ4n) is 2.19. The predicted molar refractivity (Wildman–Crippen MR) is 72.0 cm³/mol. The summed E-state index contributed by atoms with van der Waals surface area (Å²) in [6.07, 6.45) is 1.38. The highest BCUT2D eigenvalue weighted by molar-refractivity contribution is 6.07. The molecule has 2 heterocycles. The Labute approximate surface area is 118 Å². The van der Waals surface area contributed by atoms with Gasteiger partial charge in [-0.3, -0.25) is 15.0 Å². The van der Waals surface area contributed by atoms with Gasteiger partial charge in [-0.25, -0.2) is 19.6 Å². The van der Waals surface area contributed by atoms with Gasteiger partial charge in [-0.2, -0.15) is 0 Å². The molecule has 0 radical (unpaired) electrons. The lowest BCUT2D eigenvalue weighted by Crippen LogP contribution is -2.49. The van der Waals surface area contributed by atoms with Crippen LogP contribution in [0.1, 0.15) is 16.9 Å². The van der Waals surface area contributed by atoms with Crippen molar-refractivity contribution >= 4 is 34.5 Å². The number of carbonyl (C=O) groups excluding carboxylic acids is 2. The first-order valence-electron chi connectivity index (χ1n) is 6.15. The molecule has 3 amide bonds. The van der Waals surface area contributed by atoms with Crippen LogP contribution in [0, 0.1) is 0 Å². The summed E-state index contributed by atoms with van der Waals surface area (Å²) in [4.78, 5) is 43.2. The maximum absolute atomic E-state index is 11.8. The zero-order valence-electron chi connectivity index (χ0n) is 10.7. The van der Waals surface area contributed by atoms with Gasteiger partial charge in [0.15, 0.2) is 5.69 Å². The minimum Gasteiger partial charge on any atom is -0.476 e. The summed E-state index contributed by atoms with van der Waals surface area (Å²) in [7, 11) is 0. The molecular formula is C13H10N4O4. The van der Waals surface area contributed by atoms with Crippen LogP contribution in [0.4, 0.5) is 10.5 Å². The lowest BCUT2D eigenvalue weighted by molar-refractivity contribution is -0.120. The van der Waals surface area contributed by atoms with Crippen LogP contribution in [0.5, 0.6) is 0 Å². The van der Waals surface area contributed by atoms with Gasteiger partial charge in [-0.1, -0.05) is 0 Å². The number of rotatable bonds is 2. The first-order chi connectivity index (χ1) is 10.1. The molecule has 8 heteroatoms. The number of anilines is 1. The van der Waals surface area contributed by atoms with Gasteiger partial charge in [0, 0.05) is 24.0 Å². The van der Waals surface area contributed by atoms with Crippen molar-refractivity contribution in [3.63, 3.8) is 0 Å². The van der Waals surface area contributed by atoms with E-state index in [0.29, 0.717) is 16.6 Å². The lowest BCUT2D eigenvalue weighted by atomic mass is 10.1. The van der Waals surface area contributed by atoms with E-state index < -0.39 is 12.0 Å². The third kappa shape index (κ3) is 2.27. The van der Waals surface area contributed by atoms with Crippen molar-refractivity contribution in [1.82, 2.24) is 15.3 Å². The van der Waals surface area contributed by atoms with E-state index in [9.17, 15) is 14.4 Å². The van der Waals surface area contributed by atoms with Gasteiger partial charge < -0.3 is 5.11 Å². The highest BCUT2D eigenvalue weighted by Crippen LogP contribution is 2.23. The molecule has 1 saturated heterocycles. The Balaban J connectivity index is 2.04. The number of aromatic carboxylic acids is 1. The molecule has 0 bridgehead atoms. The van der Waals surface area contributed by atoms with E-state index in [0.717, 1.165) is 6.33 Å². The summed E-state index contributed by atoms with van der Waals surface area (Å²) in [5.74, 6) is -1.45. The molecule has 1 aliphatic rings. The summed E-state index contributed by atoms with van der Waals surface area (Å²) < 4.78 is 0. The van der Waals surface area contributed by atoms with Crippen LogP contribution in [0.2, 0.25) is 0 Å². The number of nitrogens with one attached hydrogen (secondary N) is 1. The standard InChI is InChI=1S/C13H10N4O4/c18-10-3-4-17(13(21)16-10)7-1-2-8-9(5-7)14-6-15-11(8)12(19)20/h1-2,5-6H,3-4H2,(H,19,20)(H,16,18,21). The molecule has 106 valence electrons. The Morgan fingerprint density at radius 1 is 1.29 bits per heavy atom. The molecule has 8 nitrogen and oxygen atoms in total. The Bertz CT molecular complexity index is 774. The van der Waals surface area contributed by atoms with E-state index in [1.165, 1.54) is 4.90 Å². The molecule has 0 unspecified atom stereocenters. The zero-order valence-corrected chi connectivity index (χ0v) is 10.7. The summed E-state index contributed by atoms with van der Waals surface area (Å²) >= 11 is 0. The van der Waals surface area contributed by atoms with Crippen molar-refractivity contribution in [3.05, 3.63) is 30.2 Å². The van der Waals surface area contributed by atoms with Crippen molar-refractivity contribution < 1.29 is 19.5 Å². The monoisotopic (exact) mass is 286 g/mol. The topological polar surface area (TPSA) is 112 Å². The predicted octanol–water partition coefficient (Wildman–Crippen LogP) is 0.774. The van der Waals surface area contributed by atoms with Gasteiger partial charge in [0.1, 0.15) is 6.33 Å². The molecule has 0 saturated carbocycles. The number of fused-ring (bicyclic) bond motifs is 1. The van der Waals surface area contributed by atoms with E-state index >= 15 is 0 Å². The number of amides is 3. The van der Waals surface area contributed by atoms with Gasteiger partial charge in [-0.05, 0) is 18.2 Å². The Hall–Kier alpha value is -3.03. The molecule has 1 aliphatic heterocycles. The highest BCUT2D eigenvalue weighted by Gasteiger charge is 2.24. The van der Waals surface area contributed by atoms with Crippen molar-refractivity contribution in [2.75, 3.05) is 11.4 Å². The summed E-state index contributed by atoms with van der Waals surface area (Å²) in [6.45, 7) is 0.271. The molecule has 3 rings (SSSR count). The maximum Gasteiger partial charge on any atom is 0.355 e. The number of benzene rings is 1. The van der Waals surface area contributed by atoms with Crippen LogP contribution in [-0.2, 0) is 4.79 Å². The third-order valence-corrected chi connectivity index (χ3v) is 3.19. The first-order valence-corrected chi connectivity index (χ1v) is 6.15. The lowest BCUT2D eigenvalue weighted by Gasteiger charge is -2.26. The second-order valence-electron chi connectivity index (χ2n) is 4.48. The van der Waals surface area contributed by atoms with Crippen LogP contribution in [0.25, 0.3) is 10.9 Å². The number of urea groups is 1. The fraction of sp³-hybridized carbons (Fsp3) is 0.154. The molecule has 2 N–H and O–H groups in total. The smallest absolute Gasteiger partial charge is 0.355 e. The van der Waals surface area contributed by atoms with Gasteiger partial charge in [0.05, 0.1) is 5.52 Å². The van der Waals surface area contributed by atoms with Crippen molar-refractivity contribution in [2.24, 2.45) is 0 Å². The van der Waals surface area contributed by atoms with Crippen molar-refractivity contribution in [2.45, 2.75) is 6.42 Å². The second-order valence-corrected chi connectivity index (χ2v) is 4.48. The number of aromatic nitrogens is 2. The molecule has 2 aromatic rings. The van der Waals surface area contributed by atoms with Gasteiger partial charge in [0.25, 0.3) is 0 Å². The summed E-state index contributed by atoms with van der Waals surface area (Å²) in [5, 5.41) is 11.7. The summed E-state index contributed by atoms with van der Waals surface area (Å²) in [6, 6.07) is 4.25. The van der Waals surface area contributed by atoms with Crippen LogP contribution < -0.4 is 10.2 Å². The van der Waals surface area contributed by atoms with Crippen LogP contribution >= 0.6 is 0 Å². The van der Waals surface area contributed by atoms with Gasteiger partial charge in [0.2, 0.25) is 5.91 Å². The normalized spacial score (nSPS) is 15.1. The molecule has 0 aliphatic carbocycles. The quantitative estimate of drug-likeness (QED) is 0.843. The van der Waals surface area contributed by atoms with E-state index in [4.69, 9.17) is 5.11 Å². The number of carboxylic acid groups (broad SMARTS) is 1. The molecule has 21 heavy (non-hydrogen) atoms. The average Bonchev–Trinajstić information content (AvgIpc) is 2.46. The van der Waals surface area contributed by atoms with Crippen LogP contribution in [-0.4, -0.2) is 39.5 Å². The van der Waals surface area contributed by atoms with E-state index in [1.54, 1.807) is 18.2 Å². The number of hydrogen-bond donors (Lipinski definition) is 2. The molecule has 1 aromatic heterocycles. The Morgan fingerprint density at radius 2 is 2.10 bits per heavy atom. The van der Waals surface area contributed by atoms with E-state index in [2.05, 4.69) is 15.3 Å². The molecule has 0 spiro atoms. The third-order valence-electron chi connectivity index (χ3n) is 3.19. The number of nitrogens with zero attached hydrogens (tertiary/aromatic N) is 3. The minimum atomic E-state index is -1.14. The largest absolute Gasteiger partial charge is 0.476 e. The zero-order chi connectivity index (χ0) is 15.0. The Morgan fingerprint density at radius 3 is 2.81 bits per heavy atom. The van der Waals surface area contributed by atoms with Gasteiger partial charge in [-0.15, -0.1) is 0 Å². The van der Waals surface area contributed by atoms with Crippen molar-refractivity contribution in [3.8, 4) is 0 Å². The van der Waals surface area contributed by atoms with Crippen molar-refractivity contribution in [1.29, 1.82) is 0 Å². The van der Waals surface area contributed by atoms with Crippen LogP contribution in [0.3, 0.4) is 0 Å². The maximum atomic E-state index is 11.8. The molecule has 0 atom stereocenters. The van der Waals surface area contributed by atoms with Crippen LogP contribution in [0.15, 0.2) is 24.5 Å².